The summed E-state index contributed by atoms with van der Waals surface area (Å²) in [6.45, 7) is 6.69. The second kappa shape index (κ2) is 6.22. The van der Waals surface area contributed by atoms with E-state index < -0.39 is 11.4 Å². The summed E-state index contributed by atoms with van der Waals surface area (Å²) in [5, 5.41) is 12.6. The highest BCUT2D eigenvalue weighted by Crippen LogP contribution is 2.38. The van der Waals surface area contributed by atoms with Gasteiger partial charge in [-0.15, -0.1) is 0 Å². The van der Waals surface area contributed by atoms with Gasteiger partial charge in [0.05, 0.1) is 5.41 Å². The highest BCUT2D eigenvalue weighted by molar-refractivity contribution is 5.80. The lowest BCUT2D eigenvalue weighted by Crippen LogP contribution is -2.49. The monoisotopic (exact) mass is 297 g/mol. The molecule has 1 atom stereocenters. The first-order chi connectivity index (χ1) is 9.85. The third-order valence-corrected chi connectivity index (χ3v) is 5.17. The van der Waals surface area contributed by atoms with Crippen LogP contribution in [-0.4, -0.2) is 66.2 Å². The SMILES string of the molecule is CC(C)C1(C(=O)O)CCN(C(=O)NC2CCN(C)CC2)C1. The van der Waals surface area contributed by atoms with Crippen molar-refractivity contribution in [2.45, 2.75) is 39.2 Å². The van der Waals surface area contributed by atoms with Crippen molar-refractivity contribution in [1.29, 1.82) is 0 Å². The molecule has 2 rings (SSSR count). The second-order valence-electron chi connectivity index (χ2n) is 6.81. The Labute approximate surface area is 126 Å². The molecule has 0 aliphatic carbocycles. The van der Waals surface area contributed by atoms with Gasteiger partial charge in [-0.05, 0) is 45.3 Å². The normalized spacial score (nSPS) is 28.1. The van der Waals surface area contributed by atoms with Gasteiger partial charge < -0.3 is 20.2 Å². The van der Waals surface area contributed by atoms with E-state index in [1.54, 1.807) is 4.90 Å². The van der Waals surface area contributed by atoms with Crippen molar-refractivity contribution in [3.8, 4) is 0 Å². The summed E-state index contributed by atoms with van der Waals surface area (Å²) in [5.74, 6) is -0.761. The number of amides is 2. The van der Waals surface area contributed by atoms with Crippen LogP contribution in [0.5, 0.6) is 0 Å². The first-order valence-electron chi connectivity index (χ1n) is 7.82. The Morgan fingerprint density at radius 2 is 1.86 bits per heavy atom. The number of aliphatic carboxylic acids is 1. The van der Waals surface area contributed by atoms with Crippen molar-refractivity contribution in [2.75, 3.05) is 33.2 Å². The van der Waals surface area contributed by atoms with Crippen LogP contribution in [-0.2, 0) is 4.79 Å². The van der Waals surface area contributed by atoms with Gasteiger partial charge in [-0.2, -0.15) is 0 Å². The lowest BCUT2D eigenvalue weighted by Gasteiger charge is -2.32. The standard InChI is InChI=1S/C15H27N3O3/c1-11(2)15(13(19)20)6-9-18(10-15)14(21)16-12-4-7-17(3)8-5-12/h11-12H,4-10H2,1-3H3,(H,16,21)(H,19,20). The van der Waals surface area contributed by atoms with Gasteiger partial charge in [0.15, 0.2) is 0 Å². The third kappa shape index (κ3) is 3.31. The van der Waals surface area contributed by atoms with Crippen LogP contribution in [0.3, 0.4) is 0 Å². The largest absolute Gasteiger partial charge is 0.481 e. The number of nitrogens with zero attached hydrogens (tertiary/aromatic N) is 2. The van der Waals surface area contributed by atoms with Crippen LogP contribution in [0.2, 0.25) is 0 Å². The van der Waals surface area contributed by atoms with Crippen molar-refractivity contribution in [1.82, 2.24) is 15.1 Å². The average molecular weight is 297 g/mol. The van der Waals surface area contributed by atoms with Crippen LogP contribution in [0.1, 0.15) is 33.1 Å². The van der Waals surface area contributed by atoms with E-state index in [-0.39, 0.29) is 18.0 Å². The zero-order chi connectivity index (χ0) is 15.6. The van der Waals surface area contributed by atoms with Gasteiger partial charge in [-0.25, -0.2) is 4.79 Å². The van der Waals surface area contributed by atoms with Gasteiger partial charge in [-0.1, -0.05) is 13.8 Å². The summed E-state index contributed by atoms with van der Waals surface area (Å²) in [6, 6.07) is 0.112. The molecule has 0 aromatic heterocycles. The van der Waals surface area contributed by atoms with Crippen LogP contribution < -0.4 is 5.32 Å². The van der Waals surface area contributed by atoms with Crippen LogP contribution in [0, 0.1) is 11.3 Å². The number of carbonyl (C=O) groups excluding carboxylic acids is 1. The number of urea groups is 1. The summed E-state index contributed by atoms with van der Waals surface area (Å²) in [7, 11) is 2.09. The fourth-order valence-electron chi connectivity index (χ4n) is 3.32. The number of rotatable bonds is 3. The zero-order valence-corrected chi connectivity index (χ0v) is 13.3. The molecule has 0 bridgehead atoms. The Morgan fingerprint density at radius 1 is 1.24 bits per heavy atom. The number of likely N-dealkylation sites (tertiary alicyclic amines) is 2. The molecule has 2 heterocycles. The predicted molar refractivity (Wildman–Crippen MR) is 80.1 cm³/mol. The van der Waals surface area contributed by atoms with E-state index in [1.807, 2.05) is 13.8 Å². The van der Waals surface area contributed by atoms with E-state index in [0.717, 1.165) is 25.9 Å². The molecule has 0 aromatic rings. The van der Waals surface area contributed by atoms with E-state index >= 15 is 0 Å². The van der Waals surface area contributed by atoms with Gasteiger partial charge in [0.2, 0.25) is 0 Å². The Morgan fingerprint density at radius 3 is 2.33 bits per heavy atom. The Bertz CT molecular complexity index is 405. The minimum absolute atomic E-state index is 0.0242. The minimum atomic E-state index is -0.788. The fraction of sp³-hybridized carbons (Fsp3) is 0.867. The maximum Gasteiger partial charge on any atom is 0.317 e. The smallest absolute Gasteiger partial charge is 0.317 e. The van der Waals surface area contributed by atoms with Gasteiger partial charge in [0.1, 0.15) is 0 Å². The quantitative estimate of drug-likeness (QED) is 0.821. The second-order valence-corrected chi connectivity index (χ2v) is 6.81. The molecule has 0 aromatic carbocycles. The topological polar surface area (TPSA) is 72.9 Å². The maximum atomic E-state index is 12.3. The first kappa shape index (κ1) is 16.1. The number of carboxylic acid groups (broad SMARTS) is 1. The van der Waals surface area contributed by atoms with Crippen molar-refractivity contribution >= 4 is 12.0 Å². The molecule has 2 N–H and O–H groups in total. The lowest BCUT2D eigenvalue weighted by molar-refractivity contribution is -0.150. The van der Waals surface area contributed by atoms with Gasteiger partial charge in [0, 0.05) is 19.1 Å². The number of nitrogens with one attached hydrogen (secondary N) is 1. The highest BCUT2D eigenvalue weighted by atomic mass is 16.4. The van der Waals surface area contributed by atoms with E-state index in [9.17, 15) is 14.7 Å². The Balaban J connectivity index is 1.91. The highest BCUT2D eigenvalue weighted by Gasteiger charge is 2.48. The molecule has 6 nitrogen and oxygen atoms in total. The van der Waals surface area contributed by atoms with Crippen molar-refractivity contribution in [3.63, 3.8) is 0 Å². The molecular weight excluding hydrogens is 270 g/mol. The van der Waals surface area contributed by atoms with Crippen LogP contribution >= 0.6 is 0 Å². The van der Waals surface area contributed by atoms with Gasteiger partial charge in [0.25, 0.3) is 0 Å². The number of carbonyl (C=O) groups is 2. The summed E-state index contributed by atoms with van der Waals surface area (Å²) in [6.07, 6.45) is 2.47. The lowest BCUT2D eigenvalue weighted by atomic mass is 9.76. The summed E-state index contributed by atoms with van der Waals surface area (Å²) in [4.78, 5) is 27.9. The fourth-order valence-corrected chi connectivity index (χ4v) is 3.32. The predicted octanol–water partition coefficient (Wildman–Crippen LogP) is 1.22. The molecule has 0 saturated carbocycles. The summed E-state index contributed by atoms with van der Waals surface area (Å²) >= 11 is 0. The molecule has 2 aliphatic rings. The molecule has 0 spiro atoms. The van der Waals surface area contributed by atoms with Crippen molar-refractivity contribution < 1.29 is 14.7 Å². The Kier molecular flexibility index (Phi) is 4.76. The minimum Gasteiger partial charge on any atom is -0.481 e. The van der Waals surface area contributed by atoms with E-state index in [0.29, 0.717) is 19.5 Å². The molecule has 2 aliphatic heterocycles. The third-order valence-electron chi connectivity index (χ3n) is 5.17. The number of piperidine rings is 1. The molecule has 6 heteroatoms. The van der Waals surface area contributed by atoms with Crippen LogP contribution in [0.4, 0.5) is 4.79 Å². The molecular formula is C15H27N3O3. The molecule has 0 radical (unpaired) electrons. The zero-order valence-electron chi connectivity index (χ0n) is 13.3. The van der Waals surface area contributed by atoms with Gasteiger partial charge in [-0.3, -0.25) is 4.79 Å². The molecule has 2 fully saturated rings. The van der Waals surface area contributed by atoms with E-state index in [2.05, 4.69) is 17.3 Å². The number of carboxylic acids is 1. The van der Waals surface area contributed by atoms with E-state index in [1.165, 1.54) is 0 Å². The summed E-state index contributed by atoms with van der Waals surface area (Å²) < 4.78 is 0. The average Bonchev–Trinajstić information content (AvgIpc) is 2.88. The summed E-state index contributed by atoms with van der Waals surface area (Å²) in [5.41, 5.74) is -0.788. The maximum absolute atomic E-state index is 12.3. The van der Waals surface area contributed by atoms with Gasteiger partial charge >= 0.3 is 12.0 Å². The number of hydrogen-bond acceptors (Lipinski definition) is 3. The molecule has 1 unspecified atom stereocenters. The molecule has 2 amide bonds. The first-order valence-corrected chi connectivity index (χ1v) is 7.82. The van der Waals surface area contributed by atoms with Crippen molar-refractivity contribution in [2.24, 2.45) is 11.3 Å². The van der Waals surface area contributed by atoms with E-state index in [4.69, 9.17) is 0 Å². The molecule has 120 valence electrons. The molecule has 21 heavy (non-hydrogen) atoms. The van der Waals surface area contributed by atoms with Crippen LogP contribution in [0.25, 0.3) is 0 Å². The Hall–Kier alpha value is -1.30. The van der Waals surface area contributed by atoms with Crippen LogP contribution in [0.15, 0.2) is 0 Å². The van der Waals surface area contributed by atoms with Crippen molar-refractivity contribution in [3.05, 3.63) is 0 Å². The molecule has 2 saturated heterocycles. The number of hydrogen-bond donors (Lipinski definition) is 2.